The lowest BCUT2D eigenvalue weighted by molar-refractivity contribution is -0.147. The number of hydrogen-bond acceptors (Lipinski definition) is 5. The van der Waals surface area contributed by atoms with Crippen LogP contribution in [0.4, 0.5) is 0 Å². The van der Waals surface area contributed by atoms with E-state index < -0.39 is 29.9 Å². The highest BCUT2D eigenvalue weighted by Gasteiger charge is 2.27. The molecule has 1 heterocycles. The largest absolute Gasteiger partial charge is 0.461 e. The highest BCUT2D eigenvalue weighted by Crippen LogP contribution is 2.27. The number of aliphatic hydroxyl groups is 1. The maximum Gasteiger partial charge on any atom is 0.308 e. The van der Waals surface area contributed by atoms with E-state index in [9.17, 15) is 19.5 Å². The maximum absolute atomic E-state index is 13.6. The van der Waals surface area contributed by atoms with Gasteiger partial charge in [-0.3, -0.25) is 14.4 Å². The predicted molar refractivity (Wildman–Crippen MR) is 173 cm³/mol. The summed E-state index contributed by atoms with van der Waals surface area (Å²) in [5.74, 6) is -1.37. The van der Waals surface area contributed by atoms with Crippen molar-refractivity contribution in [3.8, 4) is 22.3 Å². The number of rotatable bonds is 13. The Hall–Kier alpha value is -5.47. The third kappa shape index (κ3) is 8.34. The van der Waals surface area contributed by atoms with Crippen LogP contribution < -0.4 is 11.1 Å². The average molecular weight is 602 g/mol. The minimum atomic E-state index is -0.894. The van der Waals surface area contributed by atoms with E-state index in [1.165, 1.54) is 0 Å². The Morgan fingerprint density at radius 2 is 1.29 bits per heavy atom. The summed E-state index contributed by atoms with van der Waals surface area (Å²) in [6.45, 7) is -0.143. The molecule has 0 saturated heterocycles. The van der Waals surface area contributed by atoms with Crippen LogP contribution >= 0.6 is 0 Å². The molecule has 0 aliphatic heterocycles. The molecule has 4 aromatic carbocycles. The molecule has 45 heavy (non-hydrogen) atoms. The number of amides is 2. The molecule has 1 aromatic heterocycles. The van der Waals surface area contributed by atoms with Crippen LogP contribution in [-0.2, 0) is 27.4 Å². The van der Waals surface area contributed by atoms with E-state index >= 15 is 0 Å². The van der Waals surface area contributed by atoms with E-state index in [4.69, 9.17) is 10.5 Å². The topological polar surface area (TPSA) is 124 Å². The number of carbonyl (C=O) groups excluding carboxylic acids is 3. The second-order valence-electron chi connectivity index (χ2n) is 10.8. The van der Waals surface area contributed by atoms with Gasteiger partial charge in [-0.2, -0.15) is 0 Å². The van der Waals surface area contributed by atoms with Gasteiger partial charge in [0.05, 0.1) is 19.1 Å². The Morgan fingerprint density at radius 1 is 0.733 bits per heavy atom. The van der Waals surface area contributed by atoms with Gasteiger partial charge in [0.2, 0.25) is 11.8 Å². The Morgan fingerprint density at radius 3 is 1.87 bits per heavy atom. The van der Waals surface area contributed by atoms with E-state index in [-0.39, 0.29) is 19.6 Å². The fourth-order valence-corrected chi connectivity index (χ4v) is 5.11. The molecule has 0 radical (unpaired) electrons. The number of nitrogens with zero attached hydrogens (tertiary/aromatic N) is 1. The number of aromatic nitrogens is 1. The first kappa shape index (κ1) is 31.0. The highest BCUT2D eigenvalue weighted by atomic mass is 16.5. The molecular formula is C37H35N3O5. The Bertz CT molecular complexity index is 1720. The molecule has 0 aliphatic carbocycles. The van der Waals surface area contributed by atoms with Crippen LogP contribution in [0.1, 0.15) is 33.9 Å². The molecule has 2 atom stereocenters. The van der Waals surface area contributed by atoms with Crippen LogP contribution in [0.3, 0.4) is 0 Å². The van der Waals surface area contributed by atoms with Gasteiger partial charge in [-0.25, -0.2) is 0 Å². The molecule has 8 nitrogen and oxygen atoms in total. The summed E-state index contributed by atoms with van der Waals surface area (Å²) < 4.78 is 7.23. The smallest absolute Gasteiger partial charge is 0.308 e. The first-order chi connectivity index (χ1) is 21.9. The summed E-state index contributed by atoms with van der Waals surface area (Å²) in [6, 6.07) is 34.4. The van der Waals surface area contributed by atoms with Crippen LogP contribution in [0.2, 0.25) is 0 Å². The molecule has 5 aromatic rings. The molecule has 0 aliphatic rings. The molecule has 2 amide bonds. The van der Waals surface area contributed by atoms with Crippen molar-refractivity contribution in [3.63, 3.8) is 0 Å². The summed E-state index contributed by atoms with van der Waals surface area (Å²) in [7, 11) is 0. The Balaban J connectivity index is 1.33. The summed E-state index contributed by atoms with van der Waals surface area (Å²) in [6.07, 6.45) is 3.86. The Labute approximate surface area is 262 Å². The zero-order valence-electron chi connectivity index (χ0n) is 24.7. The van der Waals surface area contributed by atoms with Crippen molar-refractivity contribution in [3.05, 3.63) is 144 Å². The number of nitrogens with one attached hydrogen (secondary N) is 1. The zero-order chi connectivity index (χ0) is 31.6. The minimum absolute atomic E-state index is 0.107. The lowest BCUT2D eigenvalue weighted by Crippen LogP contribution is -2.43. The Kier molecular flexibility index (Phi) is 10.2. The monoisotopic (exact) mass is 601 g/mol. The van der Waals surface area contributed by atoms with E-state index in [0.29, 0.717) is 12.0 Å². The van der Waals surface area contributed by atoms with Crippen LogP contribution in [0, 0.1) is 0 Å². The molecule has 5 rings (SSSR count). The number of carbonyl (C=O) groups is 3. The van der Waals surface area contributed by atoms with Gasteiger partial charge in [-0.1, -0.05) is 97.1 Å². The lowest BCUT2D eigenvalue weighted by atomic mass is 10.0. The molecular weight excluding hydrogens is 566 g/mol. The molecule has 0 fully saturated rings. The normalized spacial score (nSPS) is 12.2. The lowest BCUT2D eigenvalue weighted by Gasteiger charge is -2.22. The van der Waals surface area contributed by atoms with Crippen molar-refractivity contribution in [1.82, 2.24) is 9.88 Å². The highest BCUT2D eigenvalue weighted by molar-refractivity contribution is 5.93. The number of benzene rings is 4. The molecule has 2 unspecified atom stereocenters. The first-order valence-electron chi connectivity index (χ1n) is 14.7. The quantitative estimate of drug-likeness (QED) is 0.158. The number of hydrogen-bond donors (Lipinski definition) is 3. The van der Waals surface area contributed by atoms with E-state index in [0.717, 1.165) is 33.4 Å². The van der Waals surface area contributed by atoms with Gasteiger partial charge in [0, 0.05) is 18.0 Å². The second kappa shape index (κ2) is 14.8. The average Bonchev–Trinajstić information content (AvgIpc) is 3.57. The van der Waals surface area contributed by atoms with Crippen LogP contribution in [0.25, 0.3) is 22.3 Å². The number of aliphatic hydroxyl groups excluding tert-OH is 1. The summed E-state index contributed by atoms with van der Waals surface area (Å²) in [5.41, 5.74) is 11.3. The van der Waals surface area contributed by atoms with Gasteiger partial charge in [0.15, 0.2) is 0 Å². The zero-order valence-corrected chi connectivity index (χ0v) is 24.7. The van der Waals surface area contributed by atoms with Crippen molar-refractivity contribution in [1.29, 1.82) is 0 Å². The molecule has 8 heteroatoms. The van der Waals surface area contributed by atoms with Gasteiger partial charge < -0.3 is 25.5 Å². The molecule has 4 N–H and O–H groups in total. The molecule has 0 spiro atoms. The fourth-order valence-electron chi connectivity index (χ4n) is 5.11. The predicted octanol–water partition coefficient (Wildman–Crippen LogP) is 5.32. The number of ether oxygens (including phenoxy) is 1. The SMILES string of the molecule is NC(=O)c1ccc(-c2ccc(-c3ccn(C(CC(=O)OCc4ccccc4)C(=O)NC(CO)Cc4ccccc4)c3)cc2)cc1. The van der Waals surface area contributed by atoms with Crippen molar-refractivity contribution >= 4 is 17.8 Å². The minimum Gasteiger partial charge on any atom is -0.461 e. The van der Waals surface area contributed by atoms with E-state index in [2.05, 4.69) is 5.32 Å². The summed E-state index contributed by atoms with van der Waals surface area (Å²) in [5, 5.41) is 13.0. The molecule has 0 bridgehead atoms. The van der Waals surface area contributed by atoms with Crippen molar-refractivity contribution < 1.29 is 24.2 Å². The van der Waals surface area contributed by atoms with Gasteiger partial charge in [0.25, 0.3) is 0 Å². The third-order valence-electron chi connectivity index (χ3n) is 7.59. The van der Waals surface area contributed by atoms with Gasteiger partial charge in [-0.15, -0.1) is 0 Å². The molecule has 0 saturated carbocycles. The second-order valence-corrected chi connectivity index (χ2v) is 10.8. The van der Waals surface area contributed by atoms with Crippen LogP contribution in [0.5, 0.6) is 0 Å². The van der Waals surface area contributed by atoms with E-state index in [1.54, 1.807) is 22.9 Å². The summed E-state index contributed by atoms with van der Waals surface area (Å²) >= 11 is 0. The van der Waals surface area contributed by atoms with Crippen molar-refractivity contribution in [2.75, 3.05) is 6.61 Å². The van der Waals surface area contributed by atoms with Gasteiger partial charge in [-0.05, 0) is 58.0 Å². The molecule has 228 valence electrons. The van der Waals surface area contributed by atoms with Gasteiger partial charge >= 0.3 is 5.97 Å². The third-order valence-corrected chi connectivity index (χ3v) is 7.59. The standard InChI is InChI=1S/C37H35N3O5/c38-36(43)31-17-15-29(16-18-31)28-11-13-30(14-12-28)32-19-20-40(23-32)34(22-35(42)45-25-27-9-5-2-6-10-27)37(44)39-33(24-41)21-26-7-3-1-4-8-26/h1-20,23,33-34,41H,21-22,24-25H2,(H2,38,43)(H,39,44). The van der Waals surface area contributed by atoms with Crippen molar-refractivity contribution in [2.45, 2.75) is 31.5 Å². The van der Waals surface area contributed by atoms with Gasteiger partial charge in [0.1, 0.15) is 12.6 Å². The summed E-state index contributed by atoms with van der Waals surface area (Å²) in [4.78, 5) is 38.0. The van der Waals surface area contributed by atoms with E-state index in [1.807, 2.05) is 109 Å². The van der Waals surface area contributed by atoms with Crippen LogP contribution in [-0.4, -0.2) is 40.1 Å². The number of primary amides is 1. The fraction of sp³-hybridized carbons (Fsp3) is 0.162. The first-order valence-corrected chi connectivity index (χ1v) is 14.7. The van der Waals surface area contributed by atoms with Crippen LogP contribution in [0.15, 0.2) is 128 Å². The number of nitrogens with two attached hydrogens (primary N) is 1. The maximum atomic E-state index is 13.6. The number of esters is 1. The van der Waals surface area contributed by atoms with Crippen molar-refractivity contribution in [2.24, 2.45) is 5.73 Å².